The zero-order chi connectivity index (χ0) is 14.7. The molecule has 0 aromatic heterocycles. The topological polar surface area (TPSA) is 50.7 Å². The highest BCUT2D eigenvalue weighted by Crippen LogP contribution is 2.32. The van der Waals surface area contributed by atoms with Crippen LogP contribution in [0.25, 0.3) is 0 Å². The minimum atomic E-state index is -0.703. The summed E-state index contributed by atoms with van der Waals surface area (Å²) in [7, 11) is 0. The first-order chi connectivity index (χ1) is 10.2. The van der Waals surface area contributed by atoms with Gasteiger partial charge in [-0.1, -0.05) is 6.07 Å². The summed E-state index contributed by atoms with van der Waals surface area (Å²) < 4.78 is 24.2. The van der Waals surface area contributed by atoms with Crippen molar-refractivity contribution in [3.8, 4) is 5.75 Å². The Morgan fingerprint density at radius 3 is 2.90 bits per heavy atom. The Labute approximate surface area is 124 Å². The first kappa shape index (κ1) is 14.8. The van der Waals surface area contributed by atoms with Gasteiger partial charge in [0.2, 0.25) is 0 Å². The molecule has 0 spiro atoms. The van der Waals surface area contributed by atoms with Gasteiger partial charge in [0, 0.05) is 50.3 Å². The lowest BCUT2D eigenvalue weighted by atomic mass is 9.93. The van der Waals surface area contributed by atoms with E-state index in [0.717, 1.165) is 18.4 Å². The van der Waals surface area contributed by atoms with Crippen molar-refractivity contribution in [2.75, 3.05) is 26.4 Å². The Balaban J connectivity index is 1.70. The van der Waals surface area contributed by atoms with E-state index in [1.807, 2.05) is 0 Å². The summed E-state index contributed by atoms with van der Waals surface area (Å²) in [6.07, 6.45) is 3.14. The standard InChI is InChI=1S/C16H22FNO3/c17-12-3-4-13-14(2-1-7-21-15(13)10-12)18-11-16(19)5-8-20-9-6-16/h3-4,10,14,18-19H,1-2,5-9,11H2. The number of aliphatic hydroxyl groups is 1. The quantitative estimate of drug-likeness (QED) is 0.897. The fourth-order valence-corrected chi connectivity index (χ4v) is 3.00. The van der Waals surface area contributed by atoms with Crippen LogP contribution in [0.15, 0.2) is 18.2 Å². The molecule has 5 heteroatoms. The lowest BCUT2D eigenvalue weighted by Gasteiger charge is -2.33. The van der Waals surface area contributed by atoms with Crippen molar-refractivity contribution in [2.45, 2.75) is 37.3 Å². The Hall–Kier alpha value is -1.17. The zero-order valence-corrected chi connectivity index (χ0v) is 12.1. The van der Waals surface area contributed by atoms with Crippen LogP contribution in [0.5, 0.6) is 5.75 Å². The van der Waals surface area contributed by atoms with Crippen LogP contribution in [-0.2, 0) is 4.74 Å². The van der Waals surface area contributed by atoms with E-state index < -0.39 is 5.60 Å². The second-order valence-corrected chi connectivity index (χ2v) is 5.94. The van der Waals surface area contributed by atoms with Crippen LogP contribution >= 0.6 is 0 Å². The van der Waals surface area contributed by atoms with Crippen LogP contribution in [0, 0.1) is 5.82 Å². The average Bonchev–Trinajstić information content (AvgIpc) is 2.67. The van der Waals surface area contributed by atoms with Gasteiger partial charge in [0.15, 0.2) is 0 Å². The van der Waals surface area contributed by atoms with Gasteiger partial charge >= 0.3 is 0 Å². The number of ether oxygens (including phenoxy) is 2. The van der Waals surface area contributed by atoms with E-state index >= 15 is 0 Å². The number of nitrogens with one attached hydrogen (secondary N) is 1. The van der Waals surface area contributed by atoms with Crippen LogP contribution in [0.2, 0.25) is 0 Å². The predicted molar refractivity (Wildman–Crippen MR) is 76.9 cm³/mol. The molecule has 2 N–H and O–H groups in total. The molecule has 0 bridgehead atoms. The van der Waals surface area contributed by atoms with E-state index in [1.165, 1.54) is 12.1 Å². The van der Waals surface area contributed by atoms with Gasteiger partial charge in [0.1, 0.15) is 11.6 Å². The fraction of sp³-hybridized carbons (Fsp3) is 0.625. The lowest BCUT2D eigenvalue weighted by molar-refractivity contribution is -0.0629. The highest BCUT2D eigenvalue weighted by Gasteiger charge is 2.31. The Bertz CT molecular complexity index is 488. The molecule has 1 fully saturated rings. The number of rotatable bonds is 3. The molecule has 1 aromatic rings. The summed E-state index contributed by atoms with van der Waals surface area (Å²) in [6.45, 7) is 2.34. The van der Waals surface area contributed by atoms with Crippen molar-refractivity contribution >= 4 is 0 Å². The molecule has 1 atom stereocenters. The van der Waals surface area contributed by atoms with Crippen molar-refractivity contribution in [1.29, 1.82) is 0 Å². The van der Waals surface area contributed by atoms with E-state index in [9.17, 15) is 9.50 Å². The second kappa shape index (κ2) is 6.30. The number of benzene rings is 1. The number of halogens is 1. The van der Waals surface area contributed by atoms with Gasteiger partial charge in [-0.3, -0.25) is 0 Å². The predicted octanol–water partition coefficient (Wildman–Crippen LogP) is 2.17. The zero-order valence-electron chi connectivity index (χ0n) is 12.1. The van der Waals surface area contributed by atoms with Crippen LogP contribution in [0.4, 0.5) is 4.39 Å². The van der Waals surface area contributed by atoms with Crippen LogP contribution in [-0.4, -0.2) is 37.1 Å². The largest absolute Gasteiger partial charge is 0.493 e. The molecule has 1 saturated heterocycles. The molecule has 0 aliphatic carbocycles. The summed E-state index contributed by atoms with van der Waals surface area (Å²) in [5, 5.41) is 14.0. The molecule has 0 amide bonds. The number of hydrogen-bond acceptors (Lipinski definition) is 4. The molecule has 3 rings (SSSR count). The Kier molecular flexibility index (Phi) is 4.42. The van der Waals surface area contributed by atoms with Crippen molar-refractivity contribution in [2.24, 2.45) is 0 Å². The first-order valence-corrected chi connectivity index (χ1v) is 7.62. The van der Waals surface area contributed by atoms with Crippen molar-refractivity contribution in [3.05, 3.63) is 29.6 Å². The average molecular weight is 295 g/mol. The van der Waals surface area contributed by atoms with E-state index in [1.54, 1.807) is 6.07 Å². The third kappa shape index (κ3) is 3.54. The molecule has 2 heterocycles. The lowest BCUT2D eigenvalue weighted by Crippen LogP contribution is -2.45. The summed E-state index contributed by atoms with van der Waals surface area (Å²) in [4.78, 5) is 0. The fourth-order valence-electron chi connectivity index (χ4n) is 3.00. The van der Waals surface area contributed by atoms with Gasteiger partial charge in [-0.15, -0.1) is 0 Å². The molecule has 2 aliphatic heterocycles. The van der Waals surface area contributed by atoms with Gasteiger partial charge in [0.25, 0.3) is 0 Å². The highest BCUT2D eigenvalue weighted by atomic mass is 19.1. The minimum Gasteiger partial charge on any atom is -0.493 e. The molecular weight excluding hydrogens is 273 g/mol. The number of hydrogen-bond donors (Lipinski definition) is 2. The maximum atomic E-state index is 13.3. The van der Waals surface area contributed by atoms with Crippen LogP contribution < -0.4 is 10.1 Å². The number of fused-ring (bicyclic) bond motifs is 1. The van der Waals surface area contributed by atoms with Crippen LogP contribution in [0.1, 0.15) is 37.3 Å². The Morgan fingerprint density at radius 1 is 1.29 bits per heavy atom. The third-order valence-corrected chi connectivity index (χ3v) is 4.35. The van der Waals surface area contributed by atoms with Crippen molar-refractivity contribution < 1.29 is 19.0 Å². The van der Waals surface area contributed by atoms with Gasteiger partial charge in [0.05, 0.1) is 12.2 Å². The van der Waals surface area contributed by atoms with Gasteiger partial charge in [-0.05, 0) is 18.9 Å². The van der Waals surface area contributed by atoms with Gasteiger partial charge < -0.3 is 19.9 Å². The maximum absolute atomic E-state index is 13.3. The molecule has 2 aliphatic rings. The summed E-state index contributed by atoms with van der Waals surface area (Å²) in [5.74, 6) is 0.335. The maximum Gasteiger partial charge on any atom is 0.126 e. The summed E-state index contributed by atoms with van der Waals surface area (Å²) in [6, 6.07) is 4.78. The molecule has 21 heavy (non-hydrogen) atoms. The van der Waals surface area contributed by atoms with Gasteiger partial charge in [-0.2, -0.15) is 0 Å². The molecule has 1 unspecified atom stereocenters. The summed E-state index contributed by atoms with van der Waals surface area (Å²) >= 11 is 0. The third-order valence-electron chi connectivity index (χ3n) is 4.35. The van der Waals surface area contributed by atoms with E-state index in [4.69, 9.17) is 9.47 Å². The Morgan fingerprint density at radius 2 is 2.10 bits per heavy atom. The normalized spacial score (nSPS) is 24.8. The highest BCUT2D eigenvalue weighted by molar-refractivity contribution is 5.37. The SMILES string of the molecule is OC1(CNC2CCCOc3cc(F)ccc32)CCOCC1. The van der Waals surface area contributed by atoms with E-state index in [2.05, 4.69) is 5.32 Å². The monoisotopic (exact) mass is 295 g/mol. The van der Waals surface area contributed by atoms with E-state index in [-0.39, 0.29) is 11.9 Å². The van der Waals surface area contributed by atoms with Crippen LogP contribution in [0.3, 0.4) is 0 Å². The van der Waals surface area contributed by atoms with Crippen molar-refractivity contribution in [3.63, 3.8) is 0 Å². The second-order valence-electron chi connectivity index (χ2n) is 5.94. The molecule has 116 valence electrons. The smallest absolute Gasteiger partial charge is 0.126 e. The molecule has 0 radical (unpaired) electrons. The van der Waals surface area contributed by atoms with Gasteiger partial charge in [-0.25, -0.2) is 4.39 Å². The minimum absolute atomic E-state index is 0.0926. The van der Waals surface area contributed by atoms with E-state index in [0.29, 0.717) is 45.0 Å². The molecular formula is C16H22FNO3. The molecule has 1 aromatic carbocycles. The molecule has 4 nitrogen and oxygen atoms in total. The van der Waals surface area contributed by atoms with Crippen molar-refractivity contribution in [1.82, 2.24) is 5.32 Å². The molecule has 0 saturated carbocycles. The summed E-state index contributed by atoms with van der Waals surface area (Å²) in [5.41, 5.74) is 0.274. The first-order valence-electron chi connectivity index (χ1n) is 7.62.